The Hall–Kier alpha value is -3.29. The molecule has 0 bridgehead atoms. The summed E-state index contributed by atoms with van der Waals surface area (Å²) in [4.78, 5) is 34.2. The number of hydrogen-bond donors (Lipinski definition) is 1. The van der Waals surface area contributed by atoms with E-state index in [1.807, 2.05) is 30.3 Å². The van der Waals surface area contributed by atoms with E-state index in [1.165, 1.54) is 4.90 Å². The maximum atomic E-state index is 12.0. The fourth-order valence-corrected chi connectivity index (χ4v) is 3.19. The molecule has 2 fully saturated rings. The van der Waals surface area contributed by atoms with Crippen LogP contribution in [0.2, 0.25) is 0 Å². The number of carbonyl (C=O) groups excluding carboxylic acids is 2. The smallest absolute Gasteiger partial charge is 0.325 e. The largest absolute Gasteiger partial charge is 0.329 e. The summed E-state index contributed by atoms with van der Waals surface area (Å²) >= 11 is 0. The van der Waals surface area contributed by atoms with Gasteiger partial charge in [0.1, 0.15) is 0 Å². The van der Waals surface area contributed by atoms with E-state index in [1.54, 1.807) is 10.9 Å². The number of para-hydroxylation sites is 1. The van der Waals surface area contributed by atoms with Crippen LogP contribution >= 0.6 is 0 Å². The summed E-state index contributed by atoms with van der Waals surface area (Å²) in [6.45, 7) is 0.117. The number of pyridine rings is 1. The fraction of sp³-hybridized carbons (Fsp3) is 0.278. The van der Waals surface area contributed by atoms with Crippen molar-refractivity contribution in [3.63, 3.8) is 0 Å². The number of rotatable bonds is 4. The Morgan fingerprint density at radius 2 is 2.00 bits per heavy atom. The maximum absolute atomic E-state index is 12.0. The van der Waals surface area contributed by atoms with E-state index in [2.05, 4.69) is 20.4 Å². The summed E-state index contributed by atoms with van der Waals surface area (Å²) in [5.41, 5.74) is 1.60. The highest BCUT2D eigenvalue weighted by atomic mass is 16.2. The Kier molecular flexibility index (Phi) is 3.24. The van der Waals surface area contributed by atoms with Crippen LogP contribution in [0.25, 0.3) is 16.6 Å². The number of nitrogens with zero attached hydrogens (tertiary/aromatic N) is 5. The second kappa shape index (κ2) is 5.62. The molecule has 5 rings (SSSR count). The van der Waals surface area contributed by atoms with Crippen LogP contribution < -0.4 is 5.32 Å². The van der Waals surface area contributed by atoms with Crippen LogP contribution in [-0.4, -0.2) is 43.1 Å². The van der Waals surface area contributed by atoms with Crippen LogP contribution in [0.4, 0.5) is 4.79 Å². The van der Waals surface area contributed by atoms with Gasteiger partial charge in [-0.05, 0) is 25.0 Å². The van der Waals surface area contributed by atoms with Crippen LogP contribution in [0.1, 0.15) is 30.4 Å². The third-order valence-electron chi connectivity index (χ3n) is 4.71. The van der Waals surface area contributed by atoms with Crippen molar-refractivity contribution in [2.45, 2.75) is 25.3 Å². The lowest BCUT2D eigenvalue weighted by molar-refractivity contribution is -0.125. The van der Waals surface area contributed by atoms with Gasteiger partial charge in [0.2, 0.25) is 5.91 Å². The van der Waals surface area contributed by atoms with Crippen LogP contribution in [0.5, 0.6) is 0 Å². The van der Waals surface area contributed by atoms with Gasteiger partial charge in [-0.1, -0.05) is 18.2 Å². The van der Waals surface area contributed by atoms with E-state index < -0.39 is 6.03 Å². The monoisotopic (exact) mass is 348 g/mol. The van der Waals surface area contributed by atoms with Gasteiger partial charge in [-0.25, -0.2) is 14.5 Å². The number of imide groups is 1. The zero-order chi connectivity index (χ0) is 17.7. The zero-order valence-electron chi connectivity index (χ0n) is 13.9. The fourth-order valence-electron chi connectivity index (χ4n) is 3.19. The summed E-state index contributed by atoms with van der Waals surface area (Å²) in [6.07, 6.45) is 3.88. The van der Waals surface area contributed by atoms with Gasteiger partial charge < -0.3 is 5.32 Å². The van der Waals surface area contributed by atoms with E-state index in [-0.39, 0.29) is 19.0 Å². The number of hydrogen-bond acceptors (Lipinski definition) is 5. The molecule has 1 saturated heterocycles. The second-order valence-electron chi connectivity index (χ2n) is 6.56. The number of urea groups is 1. The highest BCUT2D eigenvalue weighted by molar-refractivity contribution is 6.01. The summed E-state index contributed by atoms with van der Waals surface area (Å²) in [7, 11) is 0. The average Bonchev–Trinajstić information content (AvgIpc) is 3.36. The normalized spacial score (nSPS) is 17.2. The SMILES string of the molecule is O=C1CNC(=O)N1Cc1nc(C2CC2)nn1-c1cccc2cccnc12. The molecule has 1 aliphatic carbocycles. The van der Waals surface area contributed by atoms with Crippen molar-refractivity contribution in [2.24, 2.45) is 0 Å². The van der Waals surface area contributed by atoms with Gasteiger partial charge in [0.05, 0.1) is 24.3 Å². The van der Waals surface area contributed by atoms with Gasteiger partial charge in [0.25, 0.3) is 0 Å². The van der Waals surface area contributed by atoms with E-state index in [0.717, 1.165) is 35.3 Å². The second-order valence-corrected chi connectivity index (χ2v) is 6.56. The van der Waals surface area contributed by atoms with Crippen molar-refractivity contribution in [2.75, 3.05) is 6.54 Å². The van der Waals surface area contributed by atoms with Crippen molar-refractivity contribution < 1.29 is 9.59 Å². The Bertz CT molecular complexity index is 1020. The van der Waals surface area contributed by atoms with Gasteiger partial charge in [-0.3, -0.25) is 14.7 Å². The molecule has 26 heavy (non-hydrogen) atoms. The minimum absolute atomic E-state index is 0.0261. The van der Waals surface area contributed by atoms with Crippen molar-refractivity contribution >= 4 is 22.8 Å². The van der Waals surface area contributed by atoms with Gasteiger partial charge in [0, 0.05) is 17.5 Å². The number of amides is 3. The molecule has 1 aliphatic heterocycles. The molecule has 0 spiro atoms. The van der Waals surface area contributed by atoms with E-state index in [4.69, 9.17) is 0 Å². The average molecular weight is 348 g/mol. The molecule has 2 aromatic heterocycles. The van der Waals surface area contributed by atoms with E-state index in [9.17, 15) is 9.59 Å². The number of aromatic nitrogens is 4. The summed E-state index contributed by atoms with van der Waals surface area (Å²) in [5, 5.41) is 8.21. The van der Waals surface area contributed by atoms with Crippen LogP contribution in [0.3, 0.4) is 0 Å². The van der Waals surface area contributed by atoms with Crippen LogP contribution in [-0.2, 0) is 11.3 Å². The molecule has 8 heteroatoms. The molecular formula is C18H16N6O2. The van der Waals surface area contributed by atoms with Crippen molar-refractivity contribution in [3.05, 3.63) is 48.2 Å². The Balaban J connectivity index is 1.63. The van der Waals surface area contributed by atoms with Crippen LogP contribution in [0.15, 0.2) is 36.5 Å². The molecule has 3 aromatic rings. The number of benzene rings is 1. The van der Waals surface area contributed by atoms with Gasteiger partial charge in [-0.2, -0.15) is 5.10 Å². The highest BCUT2D eigenvalue weighted by Crippen LogP contribution is 2.38. The Labute approximate surface area is 148 Å². The first-order valence-electron chi connectivity index (χ1n) is 8.59. The summed E-state index contributed by atoms with van der Waals surface area (Å²) < 4.78 is 1.72. The third-order valence-corrected chi connectivity index (χ3v) is 4.71. The lowest BCUT2D eigenvalue weighted by Crippen LogP contribution is -2.31. The predicted octanol–water partition coefficient (Wildman–Crippen LogP) is 1.74. The van der Waals surface area contributed by atoms with Crippen LogP contribution in [0, 0.1) is 0 Å². The standard InChI is InChI=1S/C18H16N6O2/c25-15-9-20-18(26)23(15)10-14-21-17(12-6-7-12)22-24(14)13-5-1-3-11-4-2-8-19-16(11)13/h1-5,8,12H,6-7,9-10H2,(H,20,26). The number of fused-ring (bicyclic) bond motifs is 1. The molecule has 0 radical (unpaired) electrons. The number of carbonyl (C=O) groups is 2. The molecule has 130 valence electrons. The van der Waals surface area contributed by atoms with E-state index >= 15 is 0 Å². The quantitative estimate of drug-likeness (QED) is 0.725. The highest BCUT2D eigenvalue weighted by Gasteiger charge is 2.33. The Morgan fingerprint density at radius 3 is 2.77 bits per heavy atom. The predicted molar refractivity (Wildman–Crippen MR) is 92.6 cm³/mol. The molecule has 3 heterocycles. The minimum atomic E-state index is -0.395. The molecule has 1 saturated carbocycles. The maximum Gasteiger partial charge on any atom is 0.325 e. The molecule has 0 atom stereocenters. The first kappa shape index (κ1) is 15.0. The molecular weight excluding hydrogens is 332 g/mol. The molecule has 3 amide bonds. The topological polar surface area (TPSA) is 93.0 Å². The molecule has 2 aliphatic rings. The summed E-state index contributed by atoms with van der Waals surface area (Å²) in [6, 6.07) is 9.33. The van der Waals surface area contributed by atoms with Gasteiger partial charge in [0.15, 0.2) is 11.6 Å². The van der Waals surface area contributed by atoms with Crippen molar-refractivity contribution in [3.8, 4) is 5.69 Å². The minimum Gasteiger partial charge on any atom is -0.329 e. The lowest BCUT2D eigenvalue weighted by atomic mass is 10.2. The molecule has 8 nitrogen and oxygen atoms in total. The van der Waals surface area contributed by atoms with Gasteiger partial charge in [-0.15, -0.1) is 0 Å². The molecule has 0 unspecified atom stereocenters. The van der Waals surface area contributed by atoms with E-state index in [0.29, 0.717) is 11.7 Å². The lowest BCUT2D eigenvalue weighted by Gasteiger charge is -2.13. The zero-order valence-corrected chi connectivity index (χ0v) is 13.9. The van der Waals surface area contributed by atoms with Gasteiger partial charge >= 0.3 is 6.03 Å². The van der Waals surface area contributed by atoms with Crippen molar-refractivity contribution in [1.82, 2.24) is 30.0 Å². The third kappa shape index (κ3) is 2.42. The number of nitrogens with one attached hydrogen (secondary N) is 1. The molecule has 1 N–H and O–H groups in total. The molecule has 1 aromatic carbocycles. The first-order valence-corrected chi connectivity index (χ1v) is 8.59. The summed E-state index contributed by atoms with van der Waals surface area (Å²) in [5.74, 6) is 1.44. The Morgan fingerprint density at radius 1 is 1.15 bits per heavy atom. The first-order chi connectivity index (χ1) is 12.7. The van der Waals surface area contributed by atoms with Crippen molar-refractivity contribution in [1.29, 1.82) is 0 Å².